The van der Waals surface area contributed by atoms with E-state index in [-0.39, 0.29) is 22.8 Å². The third kappa shape index (κ3) is 6.41. The predicted molar refractivity (Wildman–Crippen MR) is 94.2 cm³/mol. The number of halogens is 1. The quantitative estimate of drug-likeness (QED) is 0.716. The summed E-state index contributed by atoms with van der Waals surface area (Å²) in [6.45, 7) is 5.67. The predicted octanol–water partition coefficient (Wildman–Crippen LogP) is 3.55. The van der Waals surface area contributed by atoms with Gasteiger partial charge in [0.2, 0.25) is 11.8 Å². The second-order valence-corrected chi connectivity index (χ2v) is 6.01. The van der Waals surface area contributed by atoms with Gasteiger partial charge in [-0.2, -0.15) is 0 Å². The molecule has 22 heavy (non-hydrogen) atoms. The molecule has 7 heteroatoms. The average Bonchev–Trinajstić information content (AvgIpc) is 2.41. The number of nitrogens with one attached hydrogen (secondary N) is 3. The molecule has 120 valence electrons. The maximum absolute atomic E-state index is 11.7. The fourth-order valence-electron chi connectivity index (χ4n) is 1.65. The number of hydrogen-bond acceptors (Lipinski definition) is 3. The van der Waals surface area contributed by atoms with Crippen molar-refractivity contribution in [1.82, 2.24) is 5.32 Å². The molecule has 2 amide bonds. The summed E-state index contributed by atoms with van der Waals surface area (Å²) in [6.07, 6.45) is 0.775. The van der Waals surface area contributed by atoms with E-state index >= 15 is 0 Å². The minimum Gasteiger partial charge on any atom is -0.331 e. The number of anilines is 2. The molecule has 1 rings (SSSR count). The Balaban J connectivity index is 2.71. The summed E-state index contributed by atoms with van der Waals surface area (Å²) < 4.78 is 0. The zero-order valence-corrected chi connectivity index (χ0v) is 14.4. The van der Waals surface area contributed by atoms with Crippen molar-refractivity contribution in [3.05, 3.63) is 23.2 Å². The highest BCUT2D eigenvalue weighted by Crippen LogP contribution is 2.25. The van der Waals surface area contributed by atoms with Crippen LogP contribution in [0.1, 0.15) is 33.6 Å². The maximum Gasteiger partial charge on any atom is 0.226 e. The van der Waals surface area contributed by atoms with E-state index in [1.807, 2.05) is 13.8 Å². The van der Waals surface area contributed by atoms with Gasteiger partial charge in [0.1, 0.15) is 0 Å². The highest BCUT2D eigenvalue weighted by molar-refractivity contribution is 7.80. The van der Waals surface area contributed by atoms with Gasteiger partial charge in [-0.15, -0.1) is 0 Å². The van der Waals surface area contributed by atoms with Crippen molar-refractivity contribution in [1.29, 1.82) is 0 Å². The fourth-order valence-corrected chi connectivity index (χ4v) is 2.04. The van der Waals surface area contributed by atoms with Crippen LogP contribution in [0, 0.1) is 5.92 Å². The maximum atomic E-state index is 11.7. The molecule has 1 aromatic rings. The van der Waals surface area contributed by atoms with Gasteiger partial charge < -0.3 is 16.0 Å². The third-order valence-corrected chi connectivity index (χ3v) is 3.20. The van der Waals surface area contributed by atoms with Crippen molar-refractivity contribution in [3.8, 4) is 0 Å². The van der Waals surface area contributed by atoms with Crippen LogP contribution in [-0.4, -0.2) is 16.9 Å². The standard InChI is InChI=1S/C15H20ClN3O2S/c1-4-13(20)17-10-5-6-11(16)12(8-10)18-15(22)19-14(21)7-9(2)3/h5-6,8-9H,4,7H2,1-3H3,(H,17,20)(H2,18,19,21,22). The number of benzene rings is 1. The highest BCUT2D eigenvalue weighted by atomic mass is 35.5. The Morgan fingerprint density at radius 3 is 2.50 bits per heavy atom. The van der Waals surface area contributed by atoms with Crippen LogP contribution < -0.4 is 16.0 Å². The van der Waals surface area contributed by atoms with E-state index in [2.05, 4.69) is 16.0 Å². The summed E-state index contributed by atoms with van der Waals surface area (Å²) in [5.41, 5.74) is 1.13. The smallest absolute Gasteiger partial charge is 0.226 e. The molecule has 0 aliphatic rings. The molecule has 0 aromatic heterocycles. The average molecular weight is 342 g/mol. The summed E-state index contributed by atoms with van der Waals surface area (Å²) in [7, 11) is 0. The molecular weight excluding hydrogens is 322 g/mol. The molecule has 0 heterocycles. The first kappa shape index (κ1) is 18.4. The van der Waals surface area contributed by atoms with Crippen LogP contribution in [0.3, 0.4) is 0 Å². The second-order valence-electron chi connectivity index (χ2n) is 5.20. The Morgan fingerprint density at radius 1 is 1.23 bits per heavy atom. The van der Waals surface area contributed by atoms with E-state index in [1.165, 1.54) is 0 Å². The molecule has 0 unspecified atom stereocenters. The zero-order valence-electron chi connectivity index (χ0n) is 12.8. The van der Waals surface area contributed by atoms with Gasteiger partial charge in [-0.05, 0) is 36.3 Å². The molecule has 3 N–H and O–H groups in total. The van der Waals surface area contributed by atoms with Gasteiger partial charge in [-0.1, -0.05) is 32.4 Å². The summed E-state index contributed by atoms with van der Waals surface area (Å²) in [5.74, 6) is -0.000815. The Hall–Kier alpha value is -1.66. The lowest BCUT2D eigenvalue weighted by atomic mass is 10.1. The summed E-state index contributed by atoms with van der Waals surface area (Å²) in [5, 5.41) is 8.80. The van der Waals surface area contributed by atoms with Gasteiger partial charge in [0.25, 0.3) is 0 Å². The molecule has 0 radical (unpaired) electrons. The Kier molecular flexibility index (Phi) is 7.27. The van der Waals surface area contributed by atoms with E-state index in [0.717, 1.165) is 0 Å². The minimum atomic E-state index is -0.154. The van der Waals surface area contributed by atoms with Crippen molar-refractivity contribution in [3.63, 3.8) is 0 Å². The first-order valence-corrected chi connectivity index (χ1v) is 7.80. The lowest BCUT2D eigenvalue weighted by Gasteiger charge is -2.13. The number of rotatable bonds is 5. The largest absolute Gasteiger partial charge is 0.331 e. The normalized spacial score (nSPS) is 10.2. The summed E-state index contributed by atoms with van der Waals surface area (Å²) in [4.78, 5) is 23.1. The first-order valence-electron chi connectivity index (χ1n) is 7.02. The van der Waals surface area contributed by atoms with Gasteiger partial charge in [0.05, 0.1) is 10.7 Å². The van der Waals surface area contributed by atoms with Crippen LogP contribution in [0.2, 0.25) is 5.02 Å². The van der Waals surface area contributed by atoms with Crippen LogP contribution in [0.5, 0.6) is 0 Å². The van der Waals surface area contributed by atoms with Crippen molar-refractivity contribution < 1.29 is 9.59 Å². The number of hydrogen-bond donors (Lipinski definition) is 3. The molecule has 0 fully saturated rings. The van der Waals surface area contributed by atoms with E-state index in [0.29, 0.717) is 29.2 Å². The van der Waals surface area contributed by atoms with E-state index < -0.39 is 0 Å². The zero-order chi connectivity index (χ0) is 16.7. The number of carbonyl (C=O) groups excluding carboxylic acids is 2. The highest BCUT2D eigenvalue weighted by Gasteiger charge is 2.09. The van der Waals surface area contributed by atoms with Gasteiger partial charge >= 0.3 is 0 Å². The molecule has 0 spiro atoms. The number of thiocarbonyl (C=S) groups is 1. The SMILES string of the molecule is CCC(=O)Nc1ccc(Cl)c(NC(=S)NC(=O)CC(C)C)c1. The van der Waals surface area contributed by atoms with Gasteiger partial charge in [-0.3, -0.25) is 9.59 Å². The molecule has 1 aromatic carbocycles. The Morgan fingerprint density at radius 2 is 1.91 bits per heavy atom. The van der Waals surface area contributed by atoms with Crippen molar-refractivity contribution in [2.24, 2.45) is 5.92 Å². The van der Waals surface area contributed by atoms with Crippen molar-refractivity contribution in [2.45, 2.75) is 33.6 Å². The molecule has 0 aliphatic heterocycles. The molecule has 0 aliphatic carbocycles. The van der Waals surface area contributed by atoms with E-state index in [9.17, 15) is 9.59 Å². The van der Waals surface area contributed by atoms with Crippen LogP contribution in [0.4, 0.5) is 11.4 Å². The lowest BCUT2D eigenvalue weighted by Crippen LogP contribution is -2.34. The van der Waals surface area contributed by atoms with E-state index in [1.54, 1.807) is 25.1 Å². The van der Waals surface area contributed by atoms with E-state index in [4.69, 9.17) is 23.8 Å². The van der Waals surface area contributed by atoms with Crippen LogP contribution in [-0.2, 0) is 9.59 Å². The molecule has 0 saturated carbocycles. The van der Waals surface area contributed by atoms with Crippen LogP contribution >= 0.6 is 23.8 Å². The van der Waals surface area contributed by atoms with Crippen molar-refractivity contribution >= 4 is 52.1 Å². The Bertz CT molecular complexity index is 576. The minimum absolute atomic E-state index is 0.0962. The first-order chi connectivity index (χ1) is 10.3. The van der Waals surface area contributed by atoms with Crippen LogP contribution in [0.25, 0.3) is 0 Å². The van der Waals surface area contributed by atoms with Gasteiger partial charge in [0, 0.05) is 18.5 Å². The molecule has 0 bridgehead atoms. The number of amides is 2. The van der Waals surface area contributed by atoms with Gasteiger partial charge in [-0.25, -0.2) is 0 Å². The number of carbonyl (C=O) groups is 2. The molecule has 0 atom stereocenters. The van der Waals surface area contributed by atoms with Crippen molar-refractivity contribution in [2.75, 3.05) is 10.6 Å². The molecular formula is C15H20ClN3O2S. The summed E-state index contributed by atoms with van der Waals surface area (Å²) in [6, 6.07) is 5.01. The molecule has 5 nitrogen and oxygen atoms in total. The summed E-state index contributed by atoms with van der Waals surface area (Å²) >= 11 is 11.2. The second kappa shape index (κ2) is 8.70. The topological polar surface area (TPSA) is 70.2 Å². The molecule has 0 saturated heterocycles. The monoisotopic (exact) mass is 341 g/mol. The lowest BCUT2D eigenvalue weighted by molar-refractivity contribution is -0.120. The van der Waals surface area contributed by atoms with Crippen LogP contribution in [0.15, 0.2) is 18.2 Å². The third-order valence-electron chi connectivity index (χ3n) is 2.67. The van der Waals surface area contributed by atoms with Gasteiger partial charge in [0.15, 0.2) is 5.11 Å². The fraction of sp³-hybridized carbons (Fsp3) is 0.400. The Labute approximate surface area is 140 Å².